The maximum Gasteiger partial charge on any atom is 0.129 e. The molecule has 0 radical (unpaired) electrons. The van der Waals surface area contributed by atoms with Crippen LogP contribution in [0, 0.1) is 0 Å². The van der Waals surface area contributed by atoms with E-state index in [0.717, 1.165) is 25.0 Å². The molecule has 3 nitrogen and oxygen atoms in total. The highest BCUT2D eigenvalue weighted by Gasteiger charge is 2.22. The average molecular weight is 256 g/mol. The van der Waals surface area contributed by atoms with Crippen molar-refractivity contribution < 1.29 is 9.47 Å². The van der Waals surface area contributed by atoms with Crippen LogP contribution in [0.4, 0.5) is 0 Å². The number of hydrogen-bond acceptors (Lipinski definition) is 3. The number of methoxy groups -OCH3 is 1. The van der Waals surface area contributed by atoms with Crippen molar-refractivity contribution in [2.24, 2.45) is 0 Å². The van der Waals surface area contributed by atoms with E-state index < -0.39 is 0 Å². The van der Waals surface area contributed by atoms with Gasteiger partial charge >= 0.3 is 0 Å². The summed E-state index contributed by atoms with van der Waals surface area (Å²) < 4.78 is 11.2. The van der Waals surface area contributed by atoms with E-state index in [-0.39, 0.29) is 6.10 Å². The van der Waals surface area contributed by atoms with Gasteiger partial charge in [-0.15, -0.1) is 0 Å². The van der Waals surface area contributed by atoms with Crippen LogP contribution in [-0.2, 0) is 16.1 Å². The van der Waals surface area contributed by atoms with Crippen LogP contribution in [0.5, 0.6) is 0 Å². The summed E-state index contributed by atoms with van der Waals surface area (Å²) in [7, 11) is 1.77. The summed E-state index contributed by atoms with van der Waals surface area (Å²) in [6.07, 6.45) is 5.05. The zero-order valence-corrected chi connectivity index (χ0v) is 10.8. The minimum absolute atomic E-state index is 0.287. The average Bonchev–Trinajstić information content (AvgIpc) is 2.37. The Balaban J connectivity index is 1.81. The summed E-state index contributed by atoms with van der Waals surface area (Å²) in [5.41, 5.74) is 0.886. The van der Waals surface area contributed by atoms with Gasteiger partial charge in [-0.1, -0.05) is 17.7 Å². The summed E-state index contributed by atoms with van der Waals surface area (Å²) >= 11 is 5.83. The van der Waals surface area contributed by atoms with Gasteiger partial charge in [0.2, 0.25) is 0 Å². The second-order valence-corrected chi connectivity index (χ2v) is 4.80. The van der Waals surface area contributed by atoms with Crippen LogP contribution in [-0.4, -0.2) is 24.3 Å². The third-order valence-electron chi connectivity index (χ3n) is 3.15. The smallest absolute Gasteiger partial charge is 0.129 e. The Morgan fingerprint density at radius 2 is 2.18 bits per heavy atom. The third kappa shape index (κ3) is 3.95. The molecule has 17 heavy (non-hydrogen) atoms. The van der Waals surface area contributed by atoms with Gasteiger partial charge in [0.05, 0.1) is 24.5 Å². The fourth-order valence-corrected chi connectivity index (χ4v) is 2.38. The van der Waals surface area contributed by atoms with Crippen LogP contribution in [0.3, 0.4) is 0 Å². The van der Waals surface area contributed by atoms with E-state index in [1.54, 1.807) is 13.2 Å². The number of halogens is 1. The van der Waals surface area contributed by atoms with Crippen molar-refractivity contribution in [3.8, 4) is 0 Å². The van der Waals surface area contributed by atoms with E-state index in [2.05, 4.69) is 4.98 Å². The second kappa shape index (κ2) is 6.34. The molecule has 1 aromatic heterocycles. The SMILES string of the molecule is COC1CCCC(OCc2cccc(Cl)n2)C1. The molecule has 0 aromatic carbocycles. The molecule has 0 N–H and O–H groups in total. The van der Waals surface area contributed by atoms with Crippen molar-refractivity contribution in [3.63, 3.8) is 0 Å². The van der Waals surface area contributed by atoms with Crippen LogP contribution in [0.25, 0.3) is 0 Å². The Bertz CT molecular complexity index is 359. The molecule has 0 spiro atoms. The molecular weight excluding hydrogens is 238 g/mol. The lowest BCUT2D eigenvalue weighted by atomic mass is 9.95. The molecule has 0 aliphatic heterocycles. The first-order valence-electron chi connectivity index (χ1n) is 6.04. The Morgan fingerprint density at radius 3 is 2.94 bits per heavy atom. The van der Waals surface area contributed by atoms with Gasteiger partial charge < -0.3 is 9.47 Å². The number of rotatable bonds is 4. The third-order valence-corrected chi connectivity index (χ3v) is 3.36. The first-order chi connectivity index (χ1) is 8.28. The number of pyridine rings is 1. The van der Waals surface area contributed by atoms with Crippen LogP contribution in [0.15, 0.2) is 18.2 Å². The van der Waals surface area contributed by atoms with Gasteiger partial charge in [0.25, 0.3) is 0 Å². The van der Waals surface area contributed by atoms with Gasteiger partial charge in [-0.25, -0.2) is 4.98 Å². The van der Waals surface area contributed by atoms with E-state index in [1.165, 1.54) is 6.42 Å². The van der Waals surface area contributed by atoms with Crippen molar-refractivity contribution in [1.82, 2.24) is 4.98 Å². The molecule has 0 bridgehead atoms. The van der Waals surface area contributed by atoms with E-state index in [9.17, 15) is 0 Å². The Kier molecular flexibility index (Phi) is 4.77. The van der Waals surface area contributed by atoms with Gasteiger partial charge in [-0.2, -0.15) is 0 Å². The Labute approximate surface area is 107 Å². The van der Waals surface area contributed by atoms with Crippen molar-refractivity contribution in [1.29, 1.82) is 0 Å². The minimum atomic E-state index is 0.287. The van der Waals surface area contributed by atoms with Crippen LogP contribution < -0.4 is 0 Å². The molecule has 0 amide bonds. The highest BCUT2D eigenvalue weighted by atomic mass is 35.5. The van der Waals surface area contributed by atoms with Crippen LogP contribution >= 0.6 is 11.6 Å². The molecule has 1 aliphatic carbocycles. The minimum Gasteiger partial charge on any atom is -0.381 e. The van der Waals surface area contributed by atoms with Gasteiger partial charge in [0, 0.05) is 7.11 Å². The fraction of sp³-hybridized carbons (Fsp3) is 0.615. The van der Waals surface area contributed by atoms with Crippen LogP contribution in [0.2, 0.25) is 5.15 Å². The molecular formula is C13H18ClNO2. The lowest BCUT2D eigenvalue weighted by molar-refractivity contribution is -0.0371. The Hall–Kier alpha value is -0.640. The van der Waals surface area contributed by atoms with E-state index >= 15 is 0 Å². The van der Waals surface area contributed by atoms with Gasteiger partial charge in [0.15, 0.2) is 0 Å². The zero-order valence-electron chi connectivity index (χ0n) is 10.1. The molecule has 94 valence electrons. The quantitative estimate of drug-likeness (QED) is 0.775. The molecule has 1 saturated carbocycles. The molecule has 2 rings (SSSR count). The Morgan fingerprint density at radius 1 is 1.35 bits per heavy atom. The van der Waals surface area contributed by atoms with E-state index in [1.807, 2.05) is 12.1 Å². The van der Waals surface area contributed by atoms with Gasteiger partial charge in [-0.3, -0.25) is 0 Å². The molecule has 0 saturated heterocycles. The van der Waals surface area contributed by atoms with Crippen molar-refractivity contribution in [2.45, 2.75) is 44.5 Å². The molecule has 1 aromatic rings. The topological polar surface area (TPSA) is 31.4 Å². The summed E-state index contributed by atoms with van der Waals surface area (Å²) in [6.45, 7) is 0.529. The predicted molar refractivity (Wildman–Crippen MR) is 67.1 cm³/mol. The lowest BCUT2D eigenvalue weighted by Gasteiger charge is -2.28. The van der Waals surface area contributed by atoms with E-state index in [0.29, 0.717) is 17.9 Å². The molecule has 2 unspecified atom stereocenters. The molecule has 4 heteroatoms. The maximum atomic E-state index is 5.85. The standard InChI is InChI=1S/C13H18ClNO2/c1-16-11-5-3-6-12(8-11)17-9-10-4-2-7-13(14)15-10/h2,4,7,11-12H,3,5-6,8-9H2,1H3. The zero-order chi connectivity index (χ0) is 12.1. The van der Waals surface area contributed by atoms with Gasteiger partial charge in [0.1, 0.15) is 5.15 Å². The summed E-state index contributed by atoms with van der Waals surface area (Å²) in [5.74, 6) is 0. The second-order valence-electron chi connectivity index (χ2n) is 4.41. The maximum absolute atomic E-state index is 5.85. The monoisotopic (exact) mass is 255 g/mol. The predicted octanol–water partition coefficient (Wildman–Crippen LogP) is 3.21. The summed E-state index contributed by atoms with van der Waals surface area (Å²) in [4.78, 5) is 4.21. The van der Waals surface area contributed by atoms with Crippen molar-refractivity contribution in [2.75, 3.05) is 7.11 Å². The fourth-order valence-electron chi connectivity index (χ4n) is 2.20. The first kappa shape index (κ1) is 12.8. The molecule has 1 heterocycles. The molecule has 2 atom stereocenters. The van der Waals surface area contributed by atoms with E-state index in [4.69, 9.17) is 21.1 Å². The number of nitrogens with zero attached hydrogens (tertiary/aromatic N) is 1. The molecule has 1 aliphatic rings. The molecule has 1 fully saturated rings. The highest BCUT2D eigenvalue weighted by Crippen LogP contribution is 2.23. The first-order valence-corrected chi connectivity index (χ1v) is 6.41. The number of aromatic nitrogens is 1. The largest absolute Gasteiger partial charge is 0.381 e. The summed E-state index contributed by atoms with van der Waals surface area (Å²) in [6, 6.07) is 5.60. The van der Waals surface area contributed by atoms with Crippen molar-refractivity contribution in [3.05, 3.63) is 29.0 Å². The number of ether oxygens (including phenoxy) is 2. The highest BCUT2D eigenvalue weighted by molar-refractivity contribution is 6.29. The van der Waals surface area contributed by atoms with Gasteiger partial charge in [-0.05, 0) is 37.8 Å². The number of hydrogen-bond donors (Lipinski definition) is 0. The summed E-state index contributed by atoms with van der Waals surface area (Å²) in [5, 5.41) is 0.518. The normalized spacial score (nSPS) is 24.8. The van der Waals surface area contributed by atoms with Crippen LogP contribution in [0.1, 0.15) is 31.4 Å². The lowest BCUT2D eigenvalue weighted by Crippen LogP contribution is -2.27. The van der Waals surface area contributed by atoms with Crippen molar-refractivity contribution >= 4 is 11.6 Å².